The zero-order chi connectivity index (χ0) is 19.1. The molecule has 1 atom stereocenters. The second-order valence-corrected chi connectivity index (χ2v) is 10.0. The van der Waals surface area contributed by atoms with Crippen LogP contribution in [0.5, 0.6) is 0 Å². The summed E-state index contributed by atoms with van der Waals surface area (Å²) >= 11 is 1.39. The van der Waals surface area contributed by atoms with Gasteiger partial charge in [-0.3, -0.25) is 9.59 Å². The summed E-state index contributed by atoms with van der Waals surface area (Å²) in [4.78, 5) is 27.1. The molecule has 27 heavy (non-hydrogen) atoms. The van der Waals surface area contributed by atoms with Crippen LogP contribution >= 0.6 is 11.8 Å². The fraction of sp³-hybridized carbons (Fsp3) is 0.750. The highest BCUT2D eigenvalue weighted by Gasteiger charge is 2.50. The van der Waals surface area contributed by atoms with E-state index in [1.165, 1.54) is 43.9 Å². The molecule has 1 aromatic heterocycles. The smallest absolute Gasteiger partial charge is 0.238 e. The number of aryl methyl sites for hydroxylation is 1. The van der Waals surface area contributed by atoms with Crippen molar-refractivity contribution < 1.29 is 14.1 Å². The number of hydrogen-bond acceptors (Lipinski definition) is 5. The summed E-state index contributed by atoms with van der Waals surface area (Å²) in [5.74, 6) is 4.60. The molecule has 2 amide bonds. The summed E-state index contributed by atoms with van der Waals surface area (Å²) in [6.45, 7) is 3.60. The van der Waals surface area contributed by atoms with Crippen LogP contribution in [0.2, 0.25) is 0 Å². The van der Waals surface area contributed by atoms with Crippen LogP contribution in [0, 0.1) is 30.6 Å². The van der Waals surface area contributed by atoms with E-state index in [9.17, 15) is 9.59 Å². The Labute approximate surface area is 164 Å². The Kier molecular flexibility index (Phi) is 5.23. The van der Waals surface area contributed by atoms with Gasteiger partial charge in [-0.2, -0.15) is 0 Å². The first-order valence-electron chi connectivity index (χ1n) is 10.0. The van der Waals surface area contributed by atoms with Crippen LogP contribution < -0.4 is 5.32 Å². The molecule has 1 N–H and O–H groups in total. The molecular weight excluding hydrogens is 362 g/mol. The van der Waals surface area contributed by atoms with Crippen molar-refractivity contribution in [2.75, 3.05) is 18.1 Å². The van der Waals surface area contributed by atoms with E-state index in [-0.39, 0.29) is 17.1 Å². The van der Waals surface area contributed by atoms with Crippen LogP contribution in [0.15, 0.2) is 10.6 Å². The summed E-state index contributed by atoms with van der Waals surface area (Å²) in [5.41, 5.74) is 0. The van der Waals surface area contributed by atoms with Crippen LogP contribution in [-0.4, -0.2) is 46.0 Å². The highest BCUT2D eigenvalue weighted by molar-refractivity contribution is 8.01. The van der Waals surface area contributed by atoms with Gasteiger partial charge in [0.25, 0.3) is 0 Å². The fourth-order valence-corrected chi connectivity index (χ4v) is 6.53. The number of rotatable bonds is 6. The average Bonchev–Trinajstić information content (AvgIpc) is 3.02. The maximum absolute atomic E-state index is 12.8. The van der Waals surface area contributed by atoms with Crippen molar-refractivity contribution in [3.63, 3.8) is 0 Å². The maximum Gasteiger partial charge on any atom is 0.238 e. The van der Waals surface area contributed by atoms with E-state index in [2.05, 4.69) is 10.5 Å². The first-order chi connectivity index (χ1) is 12.9. The summed E-state index contributed by atoms with van der Waals surface area (Å²) in [5, 5.41) is 6.18. The molecule has 0 radical (unpaired) electrons. The Bertz CT molecular complexity index is 691. The monoisotopic (exact) mass is 391 g/mol. The molecule has 4 fully saturated rings. The van der Waals surface area contributed by atoms with Gasteiger partial charge in [-0.25, -0.2) is 0 Å². The van der Waals surface area contributed by atoms with Crippen molar-refractivity contribution in [2.45, 2.75) is 57.2 Å². The highest BCUT2D eigenvalue weighted by atomic mass is 32.2. The van der Waals surface area contributed by atoms with Gasteiger partial charge in [0, 0.05) is 19.2 Å². The van der Waals surface area contributed by atoms with Gasteiger partial charge in [0.1, 0.15) is 5.76 Å². The van der Waals surface area contributed by atoms with Crippen LogP contribution in [0.3, 0.4) is 0 Å². The van der Waals surface area contributed by atoms with E-state index >= 15 is 0 Å². The zero-order valence-electron chi connectivity index (χ0n) is 16.3. The van der Waals surface area contributed by atoms with Crippen molar-refractivity contribution in [1.29, 1.82) is 0 Å². The number of thioether (sulfide) groups is 1. The molecule has 0 aliphatic heterocycles. The first kappa shape index (κ1) is 18.8. The molecule has 0 aromatic carbocycles. The Balaban J connectivity index is 1.28. The standard InChI is InChI=1S/C20H29N3O3S/c1-11-4-17(22-26-11)21-20(25)12(2)27-10-18(24)23(3)19-15-6-13-5-14(8-15)9-16(19)7-13/h4,12-16,19H,5-10H2,1-3H3,(H,21,22,25). The van der Waals surface area contributed by atoms with Gasteiger partial charge >= 0.3 is 0 Å². The lowest BCUT2D eigenvalue weighted by molar-refractivity contribution is -0.138. The van der Waals surface area contributed by atoms with Gasteiger partial charge in [-0.1, -0.05) is 5.16 Å². The Morgan fingerprint density at radius 2 is 1.89 bits per heavy atom. The fourth-order valence-electron chi connectivity index (χ4n) is 5.72. The van der Waals surface area contributed by atoms with Crippen LogP contribution in [0.25, 0.3) is 0 Å². The van der Waals surface area contributed by atoms with Gasteiger partial charge in [0.2, 0.25) is 11.8 Å². The van der Waals surface area contributed by atoms with E-state index in [0.717, 1.165) is 11.8 Å². The molecule has 4 bridgehead atoms. The topological polar surface area (TPSA) is 75.4 Å². The minimum Gasteiger partial charge on any atom is -0.360 e. The van der Waals surface area contributed by atoms with E-state index < -0.39 is 0 Å². The van der Waals surface area contributed by atoms with E-state index in [0.29, 0.717) is 35.2 Å². The summed E-state index contributed by atoms with van der Waals surface area (Å²) in [7, 11) is 1.97. The molecule has 1 aromatic rings. The highest BCUT2D eigenvalue weighted by Crippen LogP contribution is 2.55. The average molecular weight is 392 g/mol. The van der Waals surface area contributed by atoms with Gasteiger partial charge in [0.15, 0.2) is 5.82 Å². The summed E-state index contributed by atoms with van der Waals surface area (Å²) in [6.07, 6.45) is 6.64. The molecule has 0 saturated heterocycles. The third-order valence-electron chi connectivity index (χ3n) is 6.72. The second kappa shape index (κ2) is 7.49. The summed E-state index contributed by atoms with van der Waals surface area (Å²) in [6, 6.07) is 2.09. The minimum atomic E-state index is -0.321. The molecule has 1 heterocycles. The molecule has 7 heteroatoms. The van der Waals surface area contributed by atoms with Crippen molar-refractivity contribution in [1.82, 2.24) is 10.1 Å². The zero-order valence-corrected chi connectivity index (χ0v) is 17.1. The number of nitrogens with zero attached hydrogens (tertiary/aromatic N) is 2. The van der Waals surface area contributed by atoms with Crippen molar-refractivity contribution in [3.8, 4) is 0 Å². The maximum atomic E-state index is 12.8. The number of aromatic nitrogens is 1. The van der Waals surface area contributed by atoms with Crippen molar-refractivity contribution >= 4 is 29.4 Å². The number of hydrogen-bond donors (Lipinski definition) is 1. The lowest BCUT2D eigenvalue weighted by Gasteiger charge is -2.56. The van der Waals surface area contributed by atoms with Crippen LogP contribution in [-0.2, 0) is 9.59 Å². The SMILES string of the molecule is Cc1cc(NC(=O)C(C)SCC(=O)N(C)C2C3CC4CC(C3)CC2C4)no1. The third kappa shape index (κ3) is 3.89. The Morgan fingerprint density at radius 1 is 1.26 bits per heavy atom. The first-order valence-corrected chi connectivity index (χ1v) is 11.1. The number of nitrogens with one attached hydrogen (secondary N) is 1. The number of carbonyl (C=O) groups is 2. The minimum absolute atomic E-state index is 0.148. The molecule has 4 aliphatic rings. The number of amides is 2. The predicted molar refractivity (Wildman–Crippen MR) is 105 cm³/mol. The molecule has 5 rings (SSSR count). The molecule has 4 aliphatic carbocycles. The van der Waals surface area contributed by atoms with E-state index in [4.69, 9.17) is 4.52 Å². The Hall–Kier alpha value is -1.50. The van der Waals surface area contributed by atoms with Gasteiger partial charge in [-0.05, 0) is 69.6 Å². The number of carbonyl (C=O) groups excluding carboxylic acids is 2. The van der Waals surface area contributed by atoms with Crippen LogP contribution in [0.1, 0.15) is 44.8 Å². The van der Waals surface area contributed by atoms with Crippen molar-refractivity contribution in [3.05, 3.63) is 11.8 Å². The Morgan fingerprint density at radius 3 is 2.44 bits per heavy atom. The van der Waals surface area contributed by atoms with Crippen molar-refractivity contribution in [2.24, 2.45) is 23.7 Å². The molecule has 6 nitrogen and oxygen atoms in total. The lowest BCUT2D eigenvalue weighted by Crippen LogP contribution is -2.56. The second-order valence-electron chi connectivity index (χ2n) is 8.69. The molecular formula is C20H29N3O3S. The lowest BCUT2D eigenvalue weighted by atomic mass is 9.54. The van der Waals surface area contributed by atoms with Crippen LogP contribution in [0.4, 0.5) is 5.82 Å². The van der Waals surface area contributed by atoms with Gasteiger partial charge in [-0.15, -0.1) is 11.8 Å². The van der Waals surface area contributed by atoms with E-state index in [1.807, 2.05) is 18.9 Å². The van der Waals surface area contributed by atoms with Gasteiger partial charge < -0.3 is 14.7 Å². The normalized spacial score (nSPS) is 32.3. The predicted octanol–water partition coefficient (Wildman–Crippen LogP) is 3.33. The molecule has 1 unspecified atom stereocenters. The molecule has 0 spiro atoms. The molecule has 4 saturated carbocycles. The number of anilines is 1. The third-order valence-corrected chi connectivity index (χ3v) is 7.85. The van der Waals surface area contributed by atoms with E-state index in [1.54, 1.807) is 13.0 Å². The largest absolute Gasteiger partial charge is 0.360 e. The van der Waals surface area contributed by atoms with Gasteiger partial charge in [0.05, 0.1) is 11.0 Å². The quantitative estimate of drug-likeness (QED) is 0.805. The molecule has 148 valence electrons. The summed E-state index contributed by atoms with van der Waals surface area (Å²) < 4.78 is 4.96.